The zero-order chi connectivity index (χ0) is 10.4. The van der Waals surface area contributed by atoms with Crippen molar-refractivity contribution in [3.8, 4) is 5.75 Å². The average Bonchev–Trinajstić information content (AvgIpc) is 2.20. The summed E-state index contributed by atoms with van der Waals surface area (Å²) in [6, 6.07) is 5.64. The first-order valence-corrected chi connectivity index (χ1v) is 6.15. The van der Waals surface area contributed by atoms with Crippen molar-refractivity contribution in [1.29, 1.82) is 0 Å². The van der Waals surface area contributed by atoms with Gasteiger partial charge in [0.05, 0.1) is 11.6 Å². The Morgan fingerprint density at radius 3 is 2.86 bits per heavy atom. The molecule has 14 heavy (non-hydrogen) atoms. The molecule has 4 heteroatoms. The Balaban J connectivity index is 2.59. The third-order valence-corrected chi connectivity index (χ3v) is 2.65. The van der Waals surface area contributed by atoms with Crippen LogP contribution >= 0.6 is 23.4 Å². The largest absolute Gasteiger partial charge is 0.491 e. The molecule has 0 saturated carbocycles. The van der Waals surface area contributed by atoms with E-state index < -0.39 is 0 Å². The summed E-state index contributed by atoms with van der Waals surface area (Å²) in [5, 5.41) is 0.633. The molecular weight excluding hydrogens is 218 g/mol. The summed E-state index contributed by atoms with van der Waals surface area (Å²) in [6.45, 7) is 1.19. The van der Waals surface area contributed by atoms with Gasteiger partial charge in [-0.3, -0.25) is 0 Å². The van der Waals surface area contributed by atoms with Crippen LogP contribution in [0.2, 0.25) is 5.02 Å². The zero-order valence-corrected chi connectivity index (χ0v) is 9.70. The van der Waals surface area contributed by atoms with Crippen molar-refractivity contribution in [3.05, 3.63) is 28.8 Å². The van der Waals surface area contributed by atoms with Gasteiger partial charge in [0, 0.05) is 12.3 Å². The number of hydrogen-bond donors (Lipinski definition) is 1. The lowest BCUT2D eigenvalue weighted by molar-refractivity contribution is 0.344. The Morgan fingerprint density at radius 1 is 1.50 bits per heavy atom. The summed E-state index contributed by atoms with van der Waals surface area (Å²) in [6.07, 6.45) is 2.04. The van der Waals surface area contributed by atoms with Crippen molar-refractivity contribution in [2.24, 2.45) is 5.73 Å². The molecule has 0 aliphatic rings. The summed E-state index contributed by atoms with van der Waals surface area (Å²) in [5.41, 5.74) is 6.51. The molecule has 0 amide bonds. The molecular formula is C10H14ClNOS. The van der Waals surface area contributed by atoms with E-state index in [4.69, 9.17) is 22.1 Å². The van der Waals surface area contributed by atoms with Crippen LogP contribution in [0.3, 0.4) is 0 Å². The van der Waals surface area contributed by atoms with Gasteiger partial charge in [-0.15, -0.1) is 0 Å². The molecule has 0 atom stereocenters. The number of ether oxygens (including phenoxy) is 1. The van der Waals surface area contributed by atoms with Gasteiger partial charge in [-0.1, -0.05) is 17.7 Å². The average molecular weight is 232 g/mol. The molecule has 2 nitrogen and oxygen atoms in total. The van der Waals surface area contributed by atoms with Gasteiger partial charge >= 0.3 is 0 Å². The first kappa shape index (κ1) is 11.7. The van der Waals surface area contributed by atoms with E-state index in [1.54, 1.807) is 11.8 Å². The molecule has 0 spiro atoms. The highest BCUT2D eigenvalue weighted by Gasteiger charge is 2.01. The van der Waals surface area contributed by atoms with E-state index in [9.17, 15) is 0 Å². The normalized spacial score (nSPS) is 10.2. The molecule has 0 unspecified atom stereocenters. The van der Waals surface area contributed by atoms with Crippen LogP contribution in [0, 0.1) is 0 Å². The second kappa shape index (κ2) is 6.17. The highest BCUT2D eigenvalue weighted by atomic mass is 35.5. The van der Waals surface area contributed by atoms with Crippen molar-refractivity contribution >= 4 is 23.4 Å². The van der Waals surface area contributed by atoms with Crippen molar-refractivity contribution in [3.63, 3.8) is 0 Å². The van der Waals surface area contributed by atoms with Crippen LogP contribution in [0.25, 0.3) is 0 Å². The Bertz CT molecular complexity index is 293. The highest BCUT2D eigenvalue weighted by molar-refractivity contribution is 7.98. The van der Waals surface area contributed by atoms with E-state index in [1.807, 2.05) is 24.5 Å². The van der Waals surface area contributed by atoms with Crippen LogP contribution in [-0.4, -0.2) is 18.6 Å². The van der Waals surface area contributed by atoms with E-state index in [2.05, 4.69) is 0 Å². The Labute approximate surface area is 93.8 Å². The van der Waals surface area contributed by atoms with E-state index in [1.165, 1.54) is 0 Å². The monoisotopic (exact) mass is 231 g/mol. The minimum Gasteiger partial charge on any atom is -0.491 e. The van der Waals surface area contributed by atoms with Crippen LogP contribution in [0.5, 0.6) is 5.75 Å². The van der Waals surface area contributed by atoms with Crippen LogP contribution in [0.4, 0.5) is 0 Å². The minimum atomic E-state index is 0.505. The minimum absolute atomic E-state index is 0.505. The SMILES string of the molecule is CSCCOc1ccc(CN)cc1Cl. The fourth-order valence-electron chi connectivity index (χ4n) is 1.02. The predicted molar refractivity (Wildman–Crippen MR) is 63.2 cm³/mol. The molecule has 0 bridgehead atoms. The first-order valence-electron chi connectivity index (χ1n) is 4.38. The van der Waals surface area contributed by atoms with E-state index in [-0.39, 0.29) is 0 Å². The van der Waals surface area contributed by atoms with Crippen LogP contribution < -0.4 is 10.5 Å². The predicted octanol–water partition coefficient (Wildman–Crippen LogP) is 2.54. The molecule has 0 aliphatic carbocycles. The summed E-state index contributed by atoms with van der Waals surface area (Å²) in [5.74, 6) is 1.70. The lowest BCUT2D eigenvalue weighted by atomic mass is 10.2. The summed E-state index contributed by atoms with van der Waals surface area (Å²) < 4.78 is 5.48. The standard InChI is InChI=1S/C10H14ClNOS/c1-14-5-4-13-10-3-2-8(7-12)6-9(10)11/h2-3,6H,4-5,7,12H2,1H3. The molecule has 0 heterocycles. The maximum atomic E-state index is 6.00. The number of benzene rings is 1. The van der Waals surface area contributed by atoms with Crippen molar-refractivity contribution in [2.45, 2.75) is 6.54 Å². The van der Waals surface area contributed by atoms with Gasteiger partial charge in [-0.25, -0.2) is 0 Å². The molecule has 1 aromatic carbocycles. The third-order valence-electron chi connectivity index (χ3n) is 1.78. The van der Waals surface area contributed by atoms with Crippen molar-refractivity contribution in [2.75, 3.05) is 18.6 Å². The Kier molecular flexibility index (Phi) is 5.15. The molecule has 78 valence electrons. The molecule has 0 saturated heterocycles. The highest BCUT2D eigenvalue weighted by Crippen LogP contribution is 2.25. The lowest BCUT2D eigenvalue weighted by Gasteiger charge is -2.07. The van der Waals surface area contributed by atoms with Gasteiger partial charge in [0.15, 0.2) is 0 Å². The van der Waals surface area contributed by atoms with Gasteiger partial charge in [-0.2, -0.15) is 11.8 Å². The number of halogens is 1. The first-order chi connectivity index (χ1) is 6.77. The third kappa shape index (κ3) is 3.40. The smallest absolute Gasteiger partial charge is 0.137 e. The second-order valence-corrected chi connectivity index (χ2v) is 4.20. The molecule has 1 aromatic rings. The van der Waals surface area contributed by atoms with Crippen LogP contribution in [0.15, 0.2) is 18.2 Å². The number of thioether (sulfide) groups is 1. The quantitative estimate of drug-likeness (QED) is 0.792. The van der Waals surface area contributed by atoms with Gasteiger partial charge in [0.2, 0.25) is 0 Å². The Hall–Kier alpha value is -0.380. The number of hydrogen-bond acceptors (Lipinski definition) is 3. The molecule has 0 aliphatic heterocycles. The van der Waals surface area contributed by atoms with Crippen LogP contribution in [0.1, 0.15) is 5.56 Å². The van der Waals surface area contributed by atoms with Crippen molar-refractivity contribution < 1.29 is 4.74 Å². The molecule has 1 rings (SSSR count). The van der Waals surface area contributed by atoms with Gasteiger partial charge in [0.1, 0.15) is 5.75 Å². The lowest BCUT2D eigenvalue weighted by Crippen LogP contribution is -2.01. The molecule has 0 fully saturated rings. The van der Waals surface area contributed by atoms with E-state index >= 15 is 0 Å². The number of nitrogens with two attached hydrogens (primary N) is 1. The van der Waals surface area contributed by atoms with Gasteiger partial charge < -0.3 is 10.5 Å². The topological polar surface area (TPSA) is 35.2 Å². The Morgan fingerprint density at radius 2 is 2.29 bits per heavy atom. The zero-order valence-electron chi connectivity index (χ0n) is 8.13. The summed E-state index contributed by atoms with van der Waals surface area (Å²) in [7, 11) is 0. The second-order valence-electron chi connectivity index (χ2n) is 2.81. The summed E-state index contributed by atoms with van der Waals surface area (Å²) in [4.78, 5) is 0. The number of rotatable bonds is 5. The van der Waals surface area contributed by atoms with E-state index in [0.29, 0.717) is 18.2 Å². The molecule has 0 aromatic heterocycles. The molecule has 0 radical (unpaired) electrons. The fraction of sp³-hybridized carbons (Fsp3) is 0.400. The maximum absolute atomic E-state index is 6.00. The summed E-state index contributed by atoms with van der Waals surface area (Å²) >= 11 is 7.75. The fourth-order valence-corrected chi connectivity index (χ4v) is 1.53. The van der Waals surface area contributed by atoms with E-state index in [0.717, 1.165) is 17.1 Å². The van der Waals surface area contributed by atoms with Crippen molar-refractivity contribution in [1.82, 2.24) is 0 Å². The van der Waals surface area contributed by atoms with Crippen LogP contribution in [-0.2, 0) is 6.54 Å². The maximum Gasteiger partial charge on any atom is 0.137 e. The van der Waals surface area contributed by atoms with Gasteiger partial charge in [-0.05, 0) is 24.0 Å². The van der Waals surface area contributed by atoms with Gasteiger partial charge in [0.25, 0.3) is 0 Å². The molecule has 2 N–H and O–H groups in total.